The van der Waals surface area contributed by atoms with Crippen LogP contribution in [0.3, 0.4) is 0 Å². The average Bonchev–Trinajstić information content (AvgIpc) is 3.84. The summed E-state index contributed by atoms with van der Waals surface area (Å²) in [5.41, 5.74) is 22.9. The molecule has 0 radical (unpaired) electrons. The fourth-order valence-electron chi connectivity index (χ4n) is 8.39. The SMILES string of the molecule is CC(C)C[C@H](NC(=O)[C@@H](CCCCN)NC(=O)[C@@H](CC(C)C)NC(=O)[C@@H](NC(=O)[C@@H](NC(=O)[C@@H]1CCCN1C(=O)[C@@H](N)CO)C(C)C)[C@@H](C)O)C(=O)N[C@@H](CCCN=C(N)N)C(=O)N[C@@H](Cc1ccc(O)cc1)C(=O)O. The number of phenolic OH excluding ortho intramolecular Hbond substituents is 1. The van der Waals surface area contributed by atoms with Crippen molar-refractivity contribution < 1.29 is 63.6 Å². The van der Waals surface area contributed by atoms with E-state index in [1.54, 1.807) is 41.5 Å². The van der Waals surface area contributed by atoms with Crippen LogP contribution >= 0.6 is 0 Å². The zero-order valence-electron chi connectivity index (χ0n) is 44.9. The van der Waals surface area contributed by atoms with E-state index in [4.69, 9.17) is 22.9 Å². The molecule has 0 saturated carbocycles. The van der Waals surface area contributed by atoms with Crippen molar-refractivity contribution in [1.82, 2.24) is 42.1 Å². The Morgan fingerprint density at radius 2 is 1.16 bits per heavy atom. The van der Waals surface area contributed by atoms with Crippen LogP contribution in [0.1, 0.15) is 112 Å². The highest BCUT2D eigenvalue weighted by atomic mass is 16.4. The van der Waals surface area contributed by atoms with E-state index >= 15 is 0 Å². The predicted molar refractivity (Wildman–Crippen MR) is 281 cm³/mol. The van der Waals surface area contributed by atoms with Gasteiger partial charge in [-0.1, -0.05) is 53.7 Å². The number of aromatic hydroxyl groups is 1. The lowest BCUT2D eigenvalue weighted by atomic mass is 9.99. The monoisotopic (exact) mass is 1080 g/mol. The van der Waals surface area contributed by atoms with E-state index in [0.29, 0.717) is 24.8 Å². The molecular weight excluding hydrogens is 991 g/mol. The molecule has 1 aromatic carbocycles. The van der Waals surface area contributed by atoms with Gasteiger partial charge in [-0.15, -0.1) is 0 Å². The maximum Gasteiger partial charge on any atom is 0.326 e. The summed E-state index contributed by atoms with van der Waals surface area (Å²) in [6, 6.07) is -6.06. The van der Waals surface area contributed by atoms with Crippen molar-refractivity contribution in [2.45, 2.75) is 173 Å². The first kappa shape index (κ1) is 65.5. The first-order chi connectivity index (χ1) is 35.7. The number of rotatable bonds is 33. The lowest BCUT2D eigenvalue weighted by Crippen LogP contribution is -2.62. The molecule has 0 aliphatic carbocycles. The fourth-order valence-corrected chi connectivity index (χ4v) is 8.39. The van der Waals surface area contributed by atoms with Crippen LogP contribution in [-0.4, -0.2) is 171 Å². The smallest absolute Gasteiger partial charge is 0.326 e. The van der Waals surface area contributed by atoms with Crippen molar-refractivity contribution in [2.75, 3.05) is 26.2 Å². The number of carboxylic acids is 1. The number of carbonyl (C=O) groups is 9. The second kappa shape index (κ2) is 32.7. The molecule has 2 rings (SSSR count). The number of aliphatic hydroxyl groups excluding tert-OH is 2. The van der Waals surface area contributed by atoms with Crippen molar-refractivity contribution in [3.63, 3.8) is 0 Å². The van der Waals surface area contributed by atoms with Gasteiger partial charge in [-0.3, -0.25) is 43.3 Å². The summed E-state index contributed by atoms with van der Waals surface area (Å²) in [5.74, 6) is -8.93. The van der Waals surface area contributed by atoms with Crippen LogP contribution in [0.5, 0.6) is 5.75 Å². The van der Waals surface area contributed by atoms with Crippen LogP contribution in [0.15, 0.2) is 29.3 Å². The molecular formula is C50H85N13O13. The highest BCUT2D eigenvalue weighted by Gasteiger charge is 2.40. The number of hydrogen-bond donors (Lipinski definition) is 15. The third-order valence-electron chi connectivity index (χ3n) is 12.5. The Bertz CT molecular complexity index is 2120. The number of benzene rings is 1. The molecule has 428 valence electrons. The molecule has 19 N–H and O–H groups in total. The van der Waals surface area contributed by atoms with Gasteiger partial charge in [0.05, 0.1) is 12.7 Å². The van der Waals surface area contributed by atoms with Crippen LogP contribution in [0, 0.1) is 17.8 Å². The van der Waals surface area contributed by atoms with Crippen molar-refractivity contribution in [3.05, 3.63) is 29.8 Å². The van der Waals surface area contributed by atoms with E-state index in [0.717, 1.165) is 0 Å². The van der Waals surface area contributed by atoms with Crippen LogP contribution in [0.2, 0.25) is 0 Å². The topological polar surface area (TPSA) is 438 Å². The number of nitrogens with one attached hydrogen (secondary N) is 7. The number of likely N-dealkylation sites (tertiary alicyclic amines) is 1. The van der Waals surface area contributed by atoms with Gasteiger partial charge >= 0.3 is 5.97 Å². The standard InChI is InChI=1S/C50H85N13O13/c1-26(2)22-35(43(69)57-34(13-10-20-55-50(53)54)42(68)60-37(49(75)76)24-30-15-17-31(66)18-16-30)58-41(67)33(12-8-9-19-51)56-44(70)36(23-27(3)4)59-47(73)40(29(7)65)62-46(72)39(28(5)6)61-45(71)38-14-11-21-63(38)48(74)32(52)25-64/h15-18,26-29,32-40,64-66H,8-14,19-25,51-52H2,1-7H3,(H,56,70)(H,57,69)(H,58,67)(H,59,73)(H,60,68)(H,61,71)(H,62,72)(H,75,76)(H4,53,54,55)/t29-,32+,33-,34+,35+,36-,37+,38+,39+,40+/m1/s1. The van der Waals surface area contributed by atoms with Crippen LogP contribution in [0.4, 0.5) is 0 Å². The molecule has 0 spiro atoms. The summed E-state index contributed by atoms with van der Waals surface area (Å²) in [6.07, 6.45) is 0.101. The molecule has 1 fully saturated rings. The number of aliphatic imine (C=N–C) groups is 1. The zero-order chi connectivity index (χ0) is 57.4. The Labute approximate surface area is 444 Å². The molecule has 0 bridgehead atoms. The molecule has 1 aliphatic rings. The quantitative estimate of drug-likeness (QED) is 0.0190. The first-order valence-electron chi connectivity index (χ1n) is 25.9. The molecule has 26 heteroatoms. The Kier molecular flexibility index (Phi) is 28.2. The highest BCUT2D eigenvalue weighted by Crippen LogP contribution is 2.20. The lowest BCUT2D eigenvalue weighted by Gasteiger charge is -2.31. The summed E-state index contributed by atoms with van der Waals surface area (Å²) in [4.78, 5) is 128. The fraction of sp³-hybridized carbons (Fsp3) is 0.680. The van der Waals surface area contributed by atoms with Crippen LogP contribution in [-0.2, 0) is 49.6 Å². The number of unbranched alkanes of at least 4 members (excludes halogenated alkanes) is 1. The Morgan fingerprint density at radius 3 is 1.63 bits per heavy atom. The van der Waals surface area contributed by atoms with E-state index in [9.17, 15) is 63.6 Å². The van der Waals surface area contributed by atoms with Gasteiger partial charge in [0.25, 0.3) is 0 Å². The van der Waals surface area contributed by atoms with Gasteiger partial charge in [0, 0.05) is 19.5 Å². The molecule has 76 heavy (non-hydrogen) atoms. The normalized spacial score (nSPS) is 16.9. The second-order valence-electron chi connectivity index (χ2n) is 20.4. The molecule has 26 nitrogen and oxygen atoms in total. The van der Waals surface area contributed by atoms with Crippen LogP contribution < -0.4 is 60.2 Å². The predicted octanol–water partition coefficient (Wildman–Crippen LogP) is -2.96. The van der Waals surface area contributed by atoms with Gasteiger partial charge in [-0.2, -0.15) is 0 Å². The third-order valence-corrected chi connectivity index (χ3v) is 12.5. The molecule has 0 aromatic heterocycles. The third kappa shape index (κ3) is 22.3. The van der Waals surface area contributed by atoms with E-state index in [1.807, 2.05) is 0 Å². The zero-order valence-corrected chi connectivity index (χ0v) is 44.9. The number of aliphatic hydroxyl groups is 2. The minimum atomic E-state index is -1.65. The number of hydrogen-bond acceptors (Lipinski definition) is 15. The van der Waals surface area contributed by atoms with Crippen molar-refractivity contribution >= 4 is 59.2 Å². The van der Waals surface area contributed by atoms with Gasteiger partial charge in [-0.05, 0) is 107 Å². The number of phenols is 1. The van der Waals surface area contributed by atoms with Gasteiger partial charge in [-0.25, -0.2) is 4.79 Å². The Balaban J connectivity index is 2.37. The number of nitrogens with two attached hydrogens (primary N) is 4. The molecule has 1 heterocycles. The maximum atomic E-state index is 14.3. The Morgan fingerprint density at radius 1 is 0.671 bits per heavy atom. The Hall–Kier alpha value is -6.64. The summed E-state index contributed by atoms with van der Waals surface area (Å²) >= 11 is 0. The number of amides is 8. The number of aliphatic carboxylic acids is 1. The number of nitrogens with zero attached hydrogens (tertiary/aromatic N) is 2. The number of carbonyl (C=O) groups excluding carboxylic acids is 8. The largest absolute Gasteiger partial charge is 0.508 e. The summed E-state index contributed by atoms with van der Waals surface area (Å²) < 4.78 is 0. The molecule has 1 aromatic rings. The van der Waals surface area contributed by atoms with Gasteiger partial charge < -0.3 is 85.5 Å². The first-order valence-corrected chi connectivity index (χ1v) is 25.9. The van der Waals surface area contributed by atoms with Gasteiger partial charge in [0.2, 0.25) is 47.3 Å². The van der Waals surface area contributed by atoms with Crippen molar-refractivity contribution in [3.8, 4) is 5.75 Å². The summed E-state index contributed by atoms with van der Waals surface area (Å²) in [5, 5.41) is 58.2. The minimum absolute atomic E-state index is 0.0269. The van der Waals surface area contributed by atoms with Crippen LogP contribution in [0.25, 0.3) is 0 Å². The number of guanidine groups is 1. The average molecular weight is 1080 g/mol. The minimum Gasteiger partial charge on any atom is -0.508 e. The number of carboxylic acid groups (broad SMARTS) is 1. The van der Waals surface area contributed by atoms with E-state index < -0.39 is 126 Å². The van der Waals surface area contributed by atoms with Crippen molar-refractivity contribution in [1.29, 1.82) is 0 Å². The second-order valence-corrected chi connectivity index (χ2v) is 20.4. The molecule has 8 amide bonds. The molecule has 10 atom stereocenters. The van der Waals surface area contributed by atoms with E-state index in [1.165, 1.54) is 36.1 Å². The van der Waals surface area contributed by atoms with Gasteiger partial charge in [0.15, 0.2) is 5.96 Å². The lowest BCUT2D eigenvalue weighted by molar-refractivity contribution is -0.142. The summed E-state index contributed by atoms with van der Waals surface area (Å²) in [6.45, 7) is 11.6. The molecule has 1 saturated heterocycles. The molecule has 0 unspecified atom stereocenters. The highest BCUT2D eigenvalue weighted by molar-refractivity contribution is 5.98. The van der Waals surface area contributed by atoms with Crippen molar-refractivity contribution in [2.24, 2.45) is 45.7 Å². The molecule has 1 aliphatic heterocycles. The van der Waals surface area contributed by atoms with E-state index in [-0.39, 0.29) is 88.1 Å². The van der Waals surface area contributed by atoms with E-state index in [2.05, 4.69) is 42.2 Å². The maximum absolute atomic E-state index is 14.3. The van der Waals surface area contributed by atoms with Gasteiger partial charge in [0.1, 0.15) is 60.1 Å². The summed E-state index contributed by atoms with van der Waals surface area (Å²) in [7, 11) is 0.